The highest BCUT2D eigenvalue weighted by molar-refractivity contribution is 5.76. The van der Waals surface area contributed by atoms with Crippen LogP contribution in [0.25, 0.3) is 0 Å². The molecule has 0 aliphatic heterocycles. The highest BCUT2D eigenvalue weighted by Gasteiger charge is 2.18. The van der Waals surface area contributed by atoms with Gasteiger partial charge in [0.1, 0.15) is 0 Å². The van der Waals surface area contributed by atoms with E-state index >= 15 is 0 Å². The standard InChI is InChI=1S/C78H149NO5/c1-3-5-7-9-11-13-15-17-19-20-21-22-30-33-36-39-43-46-50-54-58-62-66-70-76(81)75(74-80)79-77(82)71-67-63-59-55-51-47-44-40-37-34-31-28-26-24-23-25-27-29-32-35-38-41-45-49-53-57-61-65-69-73-84-78(83)72-68-64-60-56-52-48-42-18-16-14-12-10-8-6-4-2/h12,14,18,42,66,70,75-76,80-81H,3-11,13,15-17,19-41,43-65,67-69,71-74H2,1-2H3,(H,79,82)/b14-12-,42-18-,70-66+. The van der Waals surface area contributed by atoms with Crippen molar-refractivity contribution in [2.45, 2.75) is 437 Å². The molecule has 0 radical (unpaired) electrons. The van der Waals surface area contributed by atoms with Crippen LogP contribution in [0.15, 0.2) is 36.5 Å². The van der Waals surface area contributed by atoms with Crippen molar-refractivity contribution in [2.75, 3.05) is 13.2 Å². The first-order valence-electron chi connectivity index (χ1n) is 38.3. The lowest BCUT2D eigenvalue weighted by atomic mass is 10.0. The summed E-state index contributed by atoms with van der Waals surface area (Å²) in [6, 6.07) is -0.627. The molecule has 1 amide bonds. The van der Waals surface area contributed by atoms with Crippen molar-refractivity contribution in [3.8, 4) is 0 Å². The van der Waals surface area contributed by atoms with E-state index in [1.165, 1.54) is 347 Å². The Morgan fingerprint density at radius 3 is 0.929 bits per heavy atom. The molecular weight excluding hydrogens is 1030 g/mol. The molecule has 0 heterocycles. The molecule has 0 aromatic heterocycles. The van der Waals surface area contributed by atoms with E-state index in [2.05, 4.69) is 43.5 Å². The Morgan fingerprint density at radius 1 is 0.333 bits per heavy atom. The van der Waals surface area contributed by atoms with Gasteiger partial charge in [-0.05, 0) is 64.2 Å². The van der Waals surface area contributed by atoms with Crippen molar-refractivity contribution >= 4 is 11.9 Å². The average molecular weight is 1180 g/mol. The number of esters is 1. The number of aliphatic hydroxyl groups excluding tert-OH is 2. The van der Waals surface area contributed by atoms with E-state index < -0.39 is 12.1 Å². The molecule has 3 N–H and O–H groups in total. The van der Waals surface area contributed by atoms with Crippen molar-refractivity contribution in [3.05, 3.63) is 36.5 Å². The van der Waals surface area contributed by atoms with Gasteiger partial charge < -0.3 is 20.3 Å². The first kappa shape index (κ1) is 82.1. The maximum absolute atomic E-state index is 12.5. The lowest BCUT2D eigenvalue weighted by molar-refractivity contribution is -0.143. The first-order valence-corrected chi connectivity index (χ1v) is 38.3. The number of aliphatic hydroxyl groups is 2. The number of ether oxygens (including phenoxy) is 1. The van der Waals surface area contributed by atoms with Gasteiger partial charge in [-0.3, -0.25) is 9.59 Å². The fourth-order valence-corrected chi connectivity index (χ4v) is 12.1. The van der Waals surface area contributed by atoms with Crippen LogP contribution in [0, 0.1) is 0 Å². The Balaban J connectivity index is 3.37. The number of rotatable bonds is 72. The Labute approximate surface area is 525 Å². The number of nitrogens with one attached hydrogen (secondary N) is 1. The molecule has 6 heteroatoms. The van der Waals surface area contributed by atoms with E-state index in [1.54, 1.807) is 6.08 Å². The van der Waals surface area contributed by atoms with Gasteiger partial charge in [0.15, 0.2) is 0 Å². The van der Waals surface area contributed by atoms with E-state index in [-0.39, 0.29) is 18.5 Å². The van der Waals surface area contributed by atoms with Crippen molar-refractivity contribution in [3.63, 3.8) is 0 Å². The van der Waals surface area contributed by atoms with Crippen LogP contribution in [-0.2, 0) is 14.3 Å². The Bertz CT molecular complexity index is 1360. The molecule has 6 nitrogen and oxygen atoms in total. The van der Waals surface area contributed by atoms with Crippen molar-refractivity contribution in [1.29, 1.82) is 0 Å². The molecule has 0 saturated heterocycles. The molecular formula is C78H149NO5. The molecule has 0 aliphatic rings. The van der Waals surface area contributed by atoms with E-state index in [9.17, 15) is 19.8 Å². The maximum atomic E-state index is 12.5. The summed E-state index contributed by atoms with van der Waals surface area (Å²) < 4.78 is 5.49. The van der Waals surface area contributed by atoms with Crippen LogP contribution in [0.4, 0.5) is 0 Å². The third-order valence-corrected chi connectivity index (χ3v) is 17.9. The second-order valence-corrected chi connectivity index (χ2v) is 26.3. The molecule has 0 aromatic carbocycles. The third kappa shape index (κ3) is 69.2. The highest BCUT2D eigenvalue weighted by Crippen LogP contribution is 2.19. The summed E-state index contributed by atoms with van der Waals surface area (Å²) in [4.78, 5) is 24.6. The number of hydrogen-bond acceptors (Lipinski definition) is 5. The van der Waals surface area contributed by atoms with Crippen molar-refractivity contribution in [2.24, 2.45) is 0 Å². The largest absolute Gasteiger partial charge is 0.466 e. The van der Waals surface area contributed by atoms with Gasteiger partial charge in [0, 0.05) is 12.8 Å². The van der Waals surface area contributed by atoms with Gasteiger partial charge in [0.25, 0.3) is 0 Å². The van der Waals surface area contributed by atoms with Crippen molar-refractivity contribution in [1.82, 2.24) is 5.32 Å². The summed E-state index contributed by atoms with van der Waals surface area (Å²) in [6.45, 7) is 4.92. The molecule has 0 rings (SSSR count). The Kier molecular flexibility index (Phi) is 71.9. The number of carbonyl (C=O) groups excluding carboxylic acids is 2. The molecule has 0 aliphatic carbocycles. The predicted octanol–water partition coefficient (Wildman–Crippen LogP) is 25.0. The minimum atomic E-state index is -0.844. The quantitative estimate of drug-likeness (QED) is 0.0320. The number of carbonyl (C=O) groups is 2. The van der Waals surface area contributed by atoms with Crippen LogP contribution < -0.4 is 5.32 Å². The lowest BCUT2D eigenvalue weighted by Gasteiger charge is -2.20. The number of amides is 1. The SMILES string of the molecule is CCCCC/C=C\C/C=C\CCCCCCCC(=O)OCCCCCCCCCCCCCCCCCCCCCCCCCCCCCCCC(=O)NC(CO)C(O)/C=C/CCCCCCCCCCCCCCCCCCCCCCC. The number of unbranched alkanes of at least 4 members (excludes halogenated alkanes) is 57. The van der Waals surface area contributed by atoms with E-state index in [0.29, 0.717) is 19.4 Å². The second-order valence-electron chi connectivity index (χ2n) is 26.3. The molecule has 0 spiro atoms. The normalized spacial score (nSPS) is 12.7. The minimum absolute atomic E-state index is 0.00574. The fraction of sp³-hybridized carbons (Fsp3) is 0.897. The zero-order chi connectivity index (χ0) is 60.6. The molecule has 2 unspecified atom stereocenters. The van der Waals surface area contributed by atoms with Gasteiger partial charge >= 0.3 is 5.97 Å². The Hall–Kier alpha value is -1.92. The lowest BCUT2D eigenvalue weighted by Crippen LogP contribution is -2.45. The van der Waals surface area contributed by atoms with Crippen LogP contribution in [0.3, 0.4) is 0 Å². The summed E-state index contributed by atoms with van der Waals surface area (Å²) in [6.07, 6.45) is 95.4. The monoisotopic (exact) mass is 1180 g/mol. The van der Waals surface area contributed by atoms with Gasteiger partial charge in [-0.15, -0.1) is 0 Å². The van der Waals surface area contributed by atoms with Crippen molar-refractivity contribution < 1.29 is 24.5 Å². The Morgan fingerprint density at radius 2 is 0.595 bits per heavy atom. The van der Waals surface area contributed by atoms with E-state index in [1.807, 2.05) is 6.08 Å². The summed E-state index contributed by atoms with van der Waals surface area (Å²) in [5.41, 5.74) is 0. The van der Waals surface area contributed by atoms with Crippen LogP contribution in [-0.4, -0.2) is 47.4 Å². The topological polar surface area (TPSA) is 95.9 Å². The van der Waals surface area contributed by atoms with Gasteiger partial charge in [-0.2, -0.15) is 0 Å². The van der Waals surface area contributed by atoms with Crippen LogP contribution in [0.1, 0.15) is 425 Å². The van der Waals surface area contributed by atoms with Gasteiger partial charge in [-0.25, -0.2) is 0 Å². The van der Waals surface area contributed by atoms with E-state index in [4.69, 9.17) is 4.74 Å². The van der Waals surface area contributed by atoms with Crippen LogP contribution in [0.5, 0.6) is 0 Å². The van der Waals surface area contributed by atoms with Gasteiger partial charge in [-0.1, -0.05) is 384 Å². The fourth-order valence-electron chi connectivity index (χ4n) is 12.1. The van der Waals surface area contributed by atoms with Gasteiger partial charge in [0.05, 0.1) is 25.4 Å². The predicted molar refractivity (Wildman–Crippen MR) is 370 cm³/mol. The molecule has 496 valence electrons. The number of allylic oxidation sites excluding steroid dienone is 5. The van der Waals surface area contributed by atoms with Gasteiger partial charge in [0.2, 0.25) is 5.91 Å². The summed E-state index contributed by atoms with van der Waals surface area (Å²) in [5, 5.41) is 23.3. The molecule has 2 atom stereocenters. The number of hydrogen-bond donors (Lipinski definition) is 3. The van der Waals surface area contributed by atoms with Crippen LogP contribution in [0.2, 0.25) is 0 Å². The summed E-state index contributed by atoms with van der Waals surface area (Å²) in [7, 11) is 0. The summed E-state index contributed by atoms with van der Waals surface area (Å²) >= 11 is 0. The maximum Gasteiger partial charge on any atom is 0.305 e. The highest BCUT2D eigenvalue weighted by atomic mass is 16.5. The third-order valence-electron chi connectivity index (χ3n) is 17.9. The van der Waals surface area contributed by atoms with Crippen LogP contribution >= 0.6 is 0 Å². The molecule has 84 heavy (non-hydrogen) atoms. The average Bonchev–Trinajstić information content (AvgIpc) is 3.51. The van der Waals surface area contributed by atoms with E-state index in [0.717, 1.165) is 51.4 Å². The molecule has 0 aromatic rings. The zero-order valence-electron chi connectivity index (χ0n) is 56.9. The molecule has 0 bridgehead atoms. The summed E-state index contributed by atoms with van der Waals surface area (Å²) in [5.74, 6) is -0.0542. The smallest absolute Gasteiger partial charge is 0.305 e. The molecule has 0 saturated carbocycles. The first-order chi connectivity index (χ1) is 41.5. The zero-order valence-corrected chi connectivity index (χ0v) is 56.9. The second kappa shape index (κ2) is 73.5. The molecule has 0 fully saturated rings. The minimum Gasteiger partial charge on any atom is -0.466 e.